The fourth-order valence-electron chi connectivity index (χ4n) is 4.07. The van der Waals surface area contributed by atoms with Gasteiger partial charge in [-0.25, -0.2) is 0 Å². The van der Waals surface area contributed by atoms with Gasteiger partial charge in [-0.15, -0.1) is 0 Å². The molecular weight excluding hydrogens is 446 g/mol. The van der Waals surface area contributed by atoms with Crippen LogP contribution < -0.4 is 19.1 Å². The lowest BCUT2D eigenvalue weighted by Gasteiger charge is -2.26. The van der Waals surface area contributed by atoms with Crippen LogP contribution in [0.2, 0.25) is 0 Å². The van der Waals surface area contributed by atoms with E-state index in [2.05, 4.69) is 0 Å². The van der Waals surface area contributed by atoms with E-state index in [0.717, 1.165) is 6.42 Å². The Morgan fingerprint density at radius 2 is 1.54 bits per heavy atom. The van der Waals surface area contributed by atoms with Crippen LogP contribution in [0.5, 0.6) is 17.2 Å². The summed E-state index contributed by atoms with van der Waals surface area (Å²) in [5, 5.41) is 11.3. The second-order valence-electron chi connectivity index (χ2n) is 8.02. The zero-order valence-corrected chi connectivity index (χ0v) is 19.9. The van der Waals surface area contributed by atoms with E-state index in [-0.39, 0.29) is 11.3 Å². The molecule has 1 N–H and O–H groups in total. The van der Waals surface area contributed by atoms with Crippen LogP contribution in [0.25, 0.3) is 5.76 Å². The van der Waals surface area contributed by atoms with Gasteiger partial charge in [-0.3, -0.25) is 14.5 Å². The van der Waals surface area contributed by atoms with Crippen molar-refractivity contribution < 1.29 is 28.9 Å². The molecule has 1 fully saturated rings. The van der Waals surface area contributed by atoms with Crippen LogP contribution in [-0.2, 0) is 9.59 Å². The summed E-state index contributed by atoms with van der Waals surface area (Å²) in [4.78, 5) is 28.0. The van der Waals surface area contributed by atoms with Gasteiger partial charge < -0.3 is 19.3 Å². The Hall–Kier alpha value is -4.26. The lowest BCUT2D eigenvalue weighted by molar-refractivity contribution is -0.132. The molecule has 3 aromatic rings. The molecule has 1 saturated heterocycles. The van der Waals surface area contributed by atoms with Gasteiger partial charge >= 0.3 is 0 Å². The number of ether oxygens (including phenoxy) is 3. The second kappa shape index (κ2) is 10.3. The first-order valence-corrected chi connectivity index (χ1v) is 11.3. The van der Waals surface area contributed by atoms with E-state index >= 15 is 0 Å². The van der Waals surface area contributed by atoms with Crippen LogP contribution in [-0.4, -0.2) is 37.6 Å². The van der Waals surface area contributed by atoms with E-state index in [9.17, 15) is 14.7 Å². The number of benzene rings is 3. The number of ketones is 1. The largest absolute Gasteiger partial charge is 0.507 e. The van der Waals surface area contributed by atoms with Crippen LogP contribution in [0.3, 0.4) is 0 Å². The van der Waals surface area contributed by atoms with Crippen molar-refractivity contribution in [3.8, 4) is 17.2 Å². The van der Waals surface area contributed by atoms with Crippen molar-refractivity contribution in [3.63, 3.8) is 0 Å². The third kappa shape index (κ3) is 4.71. The van der Waals surface area contributed by atoms with E-state index in [4.69, 9.17) is 14.2 Å². The van der Waals surface area contributed by atoms with Gasteiger partial charge in [0.05, 0.1) is 32.4 Å². The zero-order chi connectivity index (χ0) is 24.9. The monoisotopic (exact) mass is 473 g/mol. The van der Waals surface area contributed by atoms with Crippen molar-refractivity contribution in [2.24, 2.45) is 0 Å². The summed E-state index contributed by atoms with van der Waals surface area (Å²) in [6.07, 6.45) is 0.873. The van der Waals surface area contributed by atoms with Crippen molar-refractivity contribution in [1.29, 1.82) is 0 Å². The molecule has 180 valence electrons. The highest BCUT2D eigenvalue weighted by atomic mass is 16.5. The smallest absolute Gasteiger partial charge is 0.300 e. The first-order chi connectivity index (χ1) is 17.0. The summed E-state index contributed by atoms with van der Waals surface area (Å²) in [5.74, 6) is -0.0431. The summed E-state index contributed by atoms with van der Waals surface area (Å²) in [7, 11) is 3.05. The van der Waals surface area contributed by atoms with Gasteiger partial charge in [0.1, 0.15) is 23.0 Å². The van der Waals surface area contributed by atoms with Gasteiger partial charge in [0.2, 0.25) is 0 Å². The quantitative estimate of drug-likeness (QED) is 0.278. The van der Waals surface area contributed by atoms with Gasteiger partial charge in [-0.05, 0) is 48.4 Å². The predicted octanol–water partition coefficient (Wildman–Crippen LogP) is 5.12. The minimum absolute atomic E-state index is 0.00620. The van der Waals surface area contributed by atoms with Crippen LogP contribution in [0.4, 0.5) is 5.69 Å². The number of aliphatic hydroxyl groups excluding tert-OH is 1. The molecule has 1 aliphatic heterocycles. The van der Waals surface area contributed by atoms with Crippen LogP contribution in [0, 0.1) is 0 Å². The fraction of sp³-hybridized carbons (Fsp3) is 0.214. The molecule has 4 rings (SSSR count). The summed E-state index contributed by atoms with van der Waals surface area (Å²) < 4.78 is 16.3. The number of amides is 1. The number of nitrogens with zero attached hydrogens (tertiary/aromatic N) is 1. The van der Waals surface area contributed by atoms with E-state index in [1.807, 2.05) is 6.92 Å². The molecule has 0 aromatic heterocycles. The van der Waals surface area contributed by atoms with Gasteiger partial charge in [-0.2, -0.15) is 0 Å². The summed E-state index contributed by atoms with van der Waals surface area (Å²) >= 11 is 0. The van der Waals surface area contributed by atoms with E-state index in [1.54, 1.807) is 72.8 Å². The highest BCUT2D eigenvalue weighted by Crippen LogP contribution is 2.43. The number of aliphatic hydroxyl groups is 1. The molecule has 0 bridgehead atoms. The predicted molar refractivity (Wildman–Crippen MR) is 133 cm³/mol. The Kier molecular flexibility index (Phi) is 7.06. The minimum atomic E-state index is -0.853. The molecule has 0 spiro atoms. The molecule has 1 unspecified atom stereocenters. The molecule has 0 saturated carbocycles. The maximum Gasteiger partial charge on any atom is 0.300 e. The molecule has 7 heteroatoms. The third-order valence-electron chi connectivity index (χ3n) is 5.79. The molecule has 3 aromatic carbocycles. The summed E-state index contributed by atoms with van der Waals surface area (Å²) in [6, 6.07) is 20.0. The summed E-state index contributed by atoms with van der Waals surface area (Å²) in [5.41, 5.74) is 1.50. The first kappa shape index (κ1) is 23.9. The number of Topliss-reactive ketones (excluding diaryl/α,β-unsaturated/α-hetero) is 1. The van der Waals surface area contributed by atoms with Gasteiger partial charge in [0.15, 0.2) is 0 Å². The minimum Gasteiger partial charge on any atom is -0.507 e. The molecule has 0 aliphatic carbocycles. The number of carbonyl (C=O) groups is 2. The van der Waals surface area contributed by atoms with Gasteiger partial charge in [-0.1, -0.05) is 37.3 Å². The number of hydrogen-bond donors (Lipinski definition) is 1. The Morgan fingerprint density at radius 3 is 2.20 bits per heavy atom. The highest BCUT2D eigenvalue weighted by molar-refractivity contribution is 6.51. The molecule has 35 heavy (non-hydrogen) atoms. The van der Waals surface area contributed by atoms with Crippen molar-refractivity contribution >= 4 is 23.1 Å². The van der Waals surface area contributed by atoms with Crippen molar-refractivity contribution in [1.82, 2.24) is 0 Å². The topological polar surface area (TPSA) is 85.3 Å². The zero-order valence-electron chi connectivity index (χ0n) is 19.9. The standard InChI is InChI=1S/C28H27NO6/c1-4-15-35-21-13-11-18(12-14-21)25-24(26(30)19-7-5-9-22(16-19)33-2)27(31)28(32)29(25)20-8-6-10-23(17-20)34-3/h5-14,16-17,25,30H,4,15H2,1-3H3/b26-24+. The van der Waals surface area contributed by atoms with Crippen LogP contribution in [0.1, 0.15) is 30.5 Å². The number of rotatable bonds is 8. The van der Waals surface area contributed by atoms with E-state index in [0.29, 0.717) is 40.7 Å². The average molecular weight is 474 g/mol. The normalized spacial score (nSPS) is 16.9. The maximum atomic E-state index is 13.3. The van der Waals surface area contributed by atoms with Crippen LogP contribution in [0.15, 0.2) is 78.4 Å². The number of hydrogen-bond acceptors (Lipinski definition) is 6. The number of carbonyl (C=O) groups excluding carboxylic acids is 2. The second-order valence-corrected chi connectivity index (χ2v) is 8.02. The van der Waals surface area contributed by atoms with Crippen molar-refractivity contribution in [2.75, 3.05) is 25.7 Å². The average Bonchev–Trinajstić information content (AvgIpc) is 3.17. The van der Waals surface area contributed by atoms with Crippen molar-refractivity contribution in [2.45, 2.75) is 19.4 Å². The molecule has 1 aliphatic rings. The SMILES string of the molecule is CCCOc1ccc(C2/C(=C(\O)c3cccc(OC)c3)C(=O)C(=O)N2c2cccc(OC)c2)cc1. The Morgan fingerprint density at radius 1 is 0.886 bits per heavy atom. The first-order valence-electron chi connectivity index (χ1n) is 11.3. The van der Waals surface area contributed by atoms with Crippen LogP contribution >= 0.6 is 0 Å². The van der Waals surface area contributed by atoms with E-state index < -0.39 is 17.7 Å². The molecule has 1 atom stereocenters. The molecule has 0 radical (unpaired) electrons. The molecule has 1 heterocycles. The van der Waals surface area contributed by atoms with Gasteiger partial charge in [0, 0.05) is 17.3 Å². The van der Waals surface area contributed by atoms with Crippen molar-refractivity contribution in [3.05, 3.63) is 89.5 Å². The lowest BCUT2D eigenvalue weighted by atomic mass is 9.95. The Labute approximate surface area is 204 Å². The van der Waals surface area contributed by atoms with E-state index in [1.165, 1.54) is 19.1 Å². The maximum absolute atomic E-state index is 13.3. The molecule has 7 nitrogen and oxygen atoms in total. The molecular formula is C28H27NO6. The van der Waals surface area contributed by atoms with Gasteiger partial charge in [0.25, 0.3) is 11.7 Å². The Bertz CT molecular complexity index is 1260. The summed E-state index contributed by atoms with van der Waals surface area (Å²) in [6.45, 7) is 2.60. The lowest BCUT2D eigenvalue weighted by Crippen LogP contribution is -2.29. The highest BCUT2D eigenvalue weighted by Gasteiger charge is 2.47. The molecule has 1 amide bonds. The fourth-order valence-corrected chi connectivity index (χ4v) is 4.07. The Balaban J connectivity index is 1.88. The number of methoxy groups -OCH3 is 2. The third-order valence-corrected chi connectivity index (χ3v) is 5.79. The number of anilines is 1.